The zero-order valence-electron chi connectivity index (χ0n) is 17.9. The van der Waals surface area contributed by atoms with Crippen molar-refractivity contribution in [3.8, 4) is 17.2 Å². The molecule has 0 saturated carbocycles. The van der Waals surface area contributed by atoms with Crippen LogP contribution in [0.4, 0.5) is 17.2 Å². The Labute approximate surface area is 199 Å². The van der Waals surface area contributed by atoms with Gasteiger partial charge in [0.05, 0.1) is 29.2 Å². The lowest BCUT2D eigenvalue weighted by atomic mass is 10.0. The van der Waals surface area contributed by atoms with E-state index in [1.807, 2.05) is 6.08 Å². The second-order valence-corrected chi connectivity index (χ2v) is 7.96. The number of ether oxygens (including phenoxy) is 3. The van der Waals surface area contributed by atoms with Crippen molar-refractivity contribution in [3.05, 3.63) is 73.4 Å². The molecule has 2 heterocycles. The van der Waals surface area contributed by atoms with Gasteiger partial charge in [-0.15, -0.1) is 0 Å². The van der Waals surface area contributed by atoms with Crippen LogP contribution in [0, 0.1) is 17.0 Å². The number of hydrogen-bond donors (Lipinski definition) is 1. The molecule has 3 aromatic rings. The molecule has 2 aromatic carbocycles. The molecule has 1 N–H and O–H groups in total. The first-order valence-corrected chi connectivity index (χ1v) is 10.5. The molecule has 0 radical (unpaired) electrons. The van der Waals surface area contributed by atoms with Gasteiger partial charge in [-0.25, -0.2) is 4.98 Å². The van der Waals surface area contributed by atoms with Crippen LogP contribution < -0.4 is 19.5 Å². The van der Waals surface area contributed by atoms with E-state index < -0.39 is 4.92 Å². The number of anilines is 2. The normalized spacial score (nSPS) is 12.3. The van der Waals surface area contributed by atoms with E-state index in [4.69, 9.17) is 37.4 Å². The van der Waals surface area contributed by atoms with E-state index in [1.54, 1.807) is 37.4 Å². The van der Waals surface area contributed by atoms with Gasteiger partial charge in [0.15, 0.2) is 0 Å². The number of pyridine rings is 1. The van der Waals surface area contributed by atoms with Gasteiger partial charge in [0.25, 0.3) is 5.69 Å². The van der Waals surface area contributed by atoms with Crippen molar-refractivity contribution in [1.82, 2.24) is 4.98 Å². The number of aryl methyl sites for hydroxylation is 1. The highest BCUT2D eigenvalue weighted by atomic mass is 35.5. The summed E-state index contributed by atoms with van der Waals surface area (Å²) in [5.74, 6) is 1.84. The highest BCUT2D eigenvalue weighted by Crippen LogP contribution is 2.45. The van der Waals surface area contributed by atoms with Crippen molar-refractivity contribution >= 4 is 52.0 Å². The van der Waals surface area contributed by atoms with Crippen LogP contribution in [-0.2, 0) is 0 Å². The number of aromatic nitrogens is 1. The number of hydrogen-bond acceptors (Lipinski definition) is 7. The average molecular weight is 488 g/mol. The number of nitro benzene ring substituents is 1. The lowest BCUT2D eigenvalue weighted by Gasteiger charge is -2.22. The largest absolute Gasteiger partial charge is 0.495 e. The van der Waals surface area contributed by atoms with Crippen molar-refractivity contribution in [3.63, 3.8) is 0 Å². The fraction of sp³-hybridized carbons (Fsp3) is 0.174. The second-order valence-electron chi connectivity index (χ2n) is 7.20. The average Bonchev–Trinajstić information content (AvgIpc) is 2.80. The highest BCUT2D eigenvalue weighted by molar-refractivity contribution is 6.39. The van der Waals surface area contributed by atoms with Crippen LogP contribution in [0.2, 0.25) is 10.0 Å². The summed E-state index contributed by atoms with van der Waals surface area (Å²) in [6.07, 6.45) is 3.48. The minimum atomic E-state index is -0.435. The lowest BCUT2D eigenvalue weighted by molar-refractivity contribution is -0.384. The number of methoxy groups -OCH3 is 2. The molecule has 8 nitrogen and oxygen atoms in total. The third-order valence-electron chi connectivity index (χ3n) is 5.20. The summed E-state index contributed by atoms with van der Waals surface area (Å²) < 4.78 is 16.6. The molecule has 0 amide bonds. The van der Waals surface area contributed by atoms with Crippen LogP contribution in [-0.4, -0.2) is 30.7 Å². The minimum Gasteiger partial charge on any atom is -0.495 e. The third kappa shape index (κ3) is 4.27. The van der Waals surface area contributed by atoms with Crippen LogP contribution in [0.25, 0.3) is 11.6 Å². The Hall–Kier alpha value is -3.49. The number of nitro groups is 1. The Balaban J connectivity index is 1.71. The number of nitrogens with zero attached hydrogens (tertiary/aromatic N) is 2. The smallest absolute Gasteiger partial charge is 0.292 e. The third-order valence-corrected chi connectivity index (χ3v) is 5.95. The molecule has 0 spiro atoms. The molecule has 33 heavy (non-hydrogen) atoms. The quantitative estimate of drug-likeness (QED) is 0.321. The van der Waals surface area contributed by atoms with E-state index in [-0.39, 0.29) is 12.3 Å². The van der Waals surface area contributed by atoms with Crippen molar-refractivity contribution < 1.29 is 19.1 Å². The van der Waals surface area contributed by atoms with E-state index in [1.165, 1.54) is 20.3 Å². The molecular formula is C23H19Cl2N3O5. The predicted octanol–water partition coefficient (Wildman–Crippen LogP) is 6.30. The standard InChI is InChI=1S/C23H19Cl2N3O5/c1-12-5-4-6-15(28(29)30)23(12)27-19-9-16-13(10-26-19)7-14(11-33-16)20-21(24)17(31-2)8-18(32-3)22(20)25/h4-10H,11H2,1-3H3,(H,26,27). The molecule has 0 fully saturated rings. The molecule has 1 aromatic heterocycles. The van der Waals surface area contributed by atoms with Crippen LogP contribution in [0.1, 0.15) is 16.7 Å². The number of fused-ring (bicyclic) bond motifs is 1. The molecule has 1 aliphatic rings. The highest BCUT2D eigenvalue weighted by Gasteiger charge is 2.24. The summed E-state index contributed by atoms with van der Waals surface area (Å²) in [5, 5.41) is 15.1. The molecular weight excluding hydrogens is 469 g/mol. The zero-order chi connectivity index (χ0) is 23.7. The van der Waals surface area contributed by atoms with E-state index in [9.17, 15) is 10.1 Å². The van der Waals surface area contributed by atoms with Crippen molar-refractivity contribution in [2.45, 2.75) is 6.92 Å². The predicted molar refractivity (Wildman–Crippen MR) is 128 cm³/mol. The van der Waals surface area contributed by atoms with Crippen molar-refractivity contribution in [2.75, 3.05) is 26.1 Å². The Morgan fingerprint density at radius 1 is 1.15 bits per heavy atom. The van der Waals surface area contributed by atoms with Crippen LogP contribution >= 0.6 is 23.2 Å². The summed E-state index contributed by atoms with van der Waals surface area (Å²) in [6, 6.07) is 8.17. The molecule has 170 valence electrons. The summed E-state index contributed by atoms with van der Waals surface area (Å²) in [4.78, 5) is 15.3. The summed E-state index contributed by atoms with van der Waals surface area (Å²) in [6.45, 7) is 1.98. The molecule has 0 aliphatic carbocycles. The molecule has 0 bridgehead atoms. The molecule has 4 rings (SSSR count). The van der Waals surface area contributed by atoms with E-state index in [2.05, 4.69) is 10.3 Å². The van der Waals surface area contributed by atoms with Crippen LogP contribution in [0.15, 0.2) is 36.5 Å². The topological polar surface area (TPSA) is 95.8 Å². The van der Waals surface area contributed by atoms with Gasteiger partial charge in [-0.2, -0.15) is 0 Å². The number of rotatable bonds is 6. The Morgan fingerprint density at radius 3 is 2.48 bits per heavy atom. The van der Waals surface area contributed by atoms with Crippen LogP contribution in [0.3, 0.4) is 0 Å². The van der Waals surface area contributed by atoms with Gasteiger partial charge < -0.3 is 19.5 Å². The molecule has 10 heteroatoms. The van der Waals surface area contributed by atoms with Gasteiger partial charge in [0.2, 0.25) is 0 Å². The molecule has 0 unspecified atom stereocenters. The monoisotopic (exact) mass is 487 g/mol. The minimum absolute atomic E-state index is 0.0334. The molecule has 1 aliphatic heterocycles. The van der Waals surface area contributed by atoms with Gasteiger partial charge >= 0.3 is 0 Å². The fourth-order valence-corrected chi connectivity index (χ4v) is 4.28. The number of benzene rings is 2. The number of para-hydroxylation sites is 1. The second kappa shape index (κ2) is 9.17. The first-order valence-electron chi connectivity index (χ1n) is 9.78. The Kier molecular flexibility index (Phi) is 6.31. The Bertz CT molecular complexity index is 1270. The molecule has 0 saturated heterocycles. The van der Waals surface area contributed by atoms with Gasteiger partial charge in [0, 0.05) is 41.1 Å². The summed E-state index contributed by atoms with van der Waals surface area (Å²) >= 11 is 13.1. The maximum absolute atomic E-state index is 11.4. The summed E-state index contributed by atoms with van der Waals surface area (Å²) in [7, 11) is 3.02. The molecule has 0 atom stereocenters. The van der Waals surface area contributed by atoms with Gasteiger partial charge in [-0.3, -0.25) is 10.1 Å². The lowest BCUT2D eigenvalue weighted by Crippen LogP contribution is -2.09. The van der Waals surface area contributed by atoms with Gasteiger partial charge in [-0.1, -0.05) is 35.3 Å². The maximum atomic E-state index is 11.4. The van der Waals surface area contributed by atoms with E-state index in [0.29, 0.717) is 49.9 Å². The number of nitrogens with one attached hydrogen (secondary N) is 1. The Morgan fingerprint density at radius 2 is 1.85 bits per heavy atom. The fourth-order valence-electron chi connectivity index (χ4n) is 3.54. The van der Waals surface area contributed by atoms with Crippen molar-refractivity contribution in [1.29, 1.82) is 0 Å². The maximum Gasteiger partial charge on any atom is 0.292 e. The SMILES string of the molecule is COc1cc(OC)c(Cl)c(C2=Cc3cnc(Nc4c(C)cccc4[N+](=O)[O-])cc3OC2)c1Cl. The van der Waals surface area contributed by atoms with Crippen molar-refractivity contribution in [2.24, 2.45) is 0 Å². The van der Waals surface area contributed by atoms with E-state index >= 15 is 0 Å². The van der Waals surface area contributed by atoms with Gasteiger partial charge in [-0.05, 0) is 18.6 Å². The first-order chi connectivity index (χ1) is 15.8. The number of halogens is 2. The van der Waals surface area contributed by atoms with Crippen LogP contribution in [0.5, 0.6) is 17.2 Å². The zero-order valence-corrected chi connectivity index (χ0v) is 19.5. The van der Waals surface area contributed by atoms with E-state index in [0.717, 1.165) is 11.1 Å². The summed E-state index contributed by atoms with van der Waals surface area (Å²) in [5.41, 5.74) is 3.06. The van der Waals surface area contributed by atoms with Gasteiger partial charge in [0.1, 0.15) is 35.4 Å². The first kappa shape index (κ1) is 22.7.